The van der Waals surface area contributed by atoms with Crippen molar-refractivity contribution in [3.05, 3.63) is 102 Å². The minimum absolute atomic E-state index is 0.00181. The van der Waals surface area contributed by atoms with E-state index in [0.717, 1.165) is 21.8 Å². The Morgan fingerprint density at radius 3 is 2.57 bits per heavy atom. The molecule has 0 spiro atoms. The first-order valence-corrected chi connectivity index (χ1v) is 12.9. The quantitative estimate of drug-likeness (QED) is 0.333. The summed E-state index contributed by atoms with van der Waals surface area (Å²) in [6.07, 6.45) is 4.66. The average Bonchev–Trinajstić information content (AvgIpc) is 3.37. The van der Waals surface area contributed by atoms with Gasteiger partial charge in [0.25, 0.3) is 5.91 Å². The van der Waals surface area contributed by atoms with Crippen molar-refractivity contribution in [3.63, 3.8) is 0 Å². The lowest BCUT2D eigenvalue weighted by Crippen LogP contribution is -2.31. The Hall–Kier alpha value is -3.57. The number of ether oxygens (including phenoxy) is 2. The lowest BCUT2D eigenvalue weighted by atomic mass is 10.0. The van der Waals surface area contributed by atoms with Gasteiger partial charge in [-0.3, -0.25) is 9.78 Å². The van der Waals surface area contributed by atoms with Gasteiger partial charge < -0.3 is 24.5 Å². The van der Waals surface area contributed by atoms with Crippen LogP contribution in [0.1, 0.15) is 45.9 Å². The van der Waals surface area contributed by atoms with Crippen LogP contribution in [-0.4, -0.2) is 42.6 Å². The summed E-state index contributed by atoms with van der Waals surface area (Å²) in [7, 11) is 1.91. The molecule has 3 atom stereocenters. The van der Waals surface area contributed by atoms with Crippen molar-refractivity contribution in [2.75, 3.05) is 11.1 Å². The second-order valence-corrected chi connectivity index (χ2v) is 9.69. The molecule has 5 rings (SSSR count). The van der Waals surface area contributed by atoms with Crippen LogP contribution in [0, 0.1) is 0 Å². The zero-order chi connectivity index (χ0) is 25.6. The number of thioether (sulfide) groups is 1. The Balaban J connectivity index is 1.31. The Morgan fingerprint density at radius 2 is 1.89 bits per heavy atom. The molecular weight excluding hydrogens is 490 g/mol. The van der Waals surface area contributed by atoms with Gasteiger partial charge in [-0.2, -0.15) is 0 Å². The summed E-state index contributed by atoms with van der Waals surface area (Å²) in [5, 5.41) is 21.2. The van der Waals surface area contributed by atoms with Gasteiger partial charge >= 0.3 is 0 Å². The van der Waals surface area contributed by atoms with E-state index in [1.54, 1.807) is 36.4 Å². The molecule has 1 aliphatic heterocycles. The van der Waals surface area contributed by atoms with Crippen LogP contribution in [0.25, 0.3) is 0 Å². The fraction of sp³-hybridized carbons (Fsp3) is 0.259. The van der Waals surface area contributed by atoms with Crippen LogP contribution in [0.15, 0.2) is 84.5 Å². The lowest BCUT2D eigenvalue weighted by molar-refractivity contribution is -0.245. The first-order chi connectivity index (χ1) is 18.1. The molecule has 9 nitrogen and oxygen atoms in total. The van der Waals surface area contributed by atoms with E-state index in [0.29, 0.717) is 23.4 Å². The number of nitrogens with one attached hydrogen (secondary N) is 1. The van der Waals surface area contributed by atoms with E-state index in [4.69, 9.17) is 9.47 Å². The van der Waals surface area contributed by atoms with Crippen molar-refractivity contribution in [2.24, 2.45) is 7.05 Å². The normalized spacial score (nSPS) is 19.5. The number of aliphatic hydroxyl groups is 1. The molecule has 0 saturated carbocycles. The zero-order valence-corrected chi connectivity index (χ0v) is 21.0. The SMILES string of the molecule is Cn1cnnc1SC[C@H]1C[C@@H](c2ccc(CO)cc2)O[C@@H](c2ccc(NC(=O)c3cccnc3)cc2)O1. The molecule has 1 aliphatic rings. The molecule has 0 radical (unpaired) electrons. The van der Waals surface area contributed by atoms with Gasteiger partial charge in [0.15, 0.2) is 11.4 Å². The number of carbonyl (C=O) groups excluding carboxylic acids is 1. The summed E-state index contributed by atoms with van der Waals surface area (Å²) in [4.78, 5) is 16.4. The molecule has 2 N–H and O–H groups in total. The van der Waals surface area contributed by atoms with Gasteiger partial charge in [0.1, 0.15) is 6.33 Å². The predicted molar refractivity (Wildman–Crippen MR) is 139 cm³/mol. The number of nitrogens with zero attached hydrogens (tertiary/aromatic N) is 4. The number of hydrogen-bond acceptors (Lipinski definition) is 8. The van der Waals surface area contributed by atoms with Crippen LogP contribution in [0.4, 0.5) is 5.69 Å². The van der Waals surface area contributed by atoms with E-state index >= 15 is 0 Å². The molecule has 1 saturated heterocycles. The number of aromatic nitrogens is 4. The highest BCUT2D eigenvalue weighted by Crippen LogP contribution is 2.39. The molecule has 4 aromatic rings. The molecule has 3 heterocycles. The fourth-order valence-corrected chi connectivity index (χ4v) is 4.92. The molecule has 2 aromatic carbocycles. The van der Waals surface area contributed by atoms with Gasteiger partial charge in [-0.15, -0.1) is 10.2 Å². The van der Waals surface area contributed by atoms with Crippen LogP contribution >= 0.6 is 11.8 Å². The maximum atomic E-state index is 12.5. The van der Waals surface area contributed by atoms with E-state index in [2.05, 4.69) is 20.5 Å². The van der Waals surface area contributed by atoms with Gasteiger partial charge in [0, 0.05) is 42.9 Å². The van der Waals surface area contributed by atoms with Crippen LogP contribution in [-0.2, 0) is 23.1 Å². The second kappa shape index (κ2) is 11.7. The third-order valence-corrected chi connectivity index (χ3v) is 7.21. The Labute approximate surface area is 218 Å². The monoisotopic (exact) mass is 517 g/mol. The summed E-state index contributed by atoms with van der Waals surface area (Å²) in [6, 6.07) is 18.7. The maximum absolute atomic E-state index is 12.5. The average molecular weight is 518 g/mol. The van der Waals surface area contributed by atoms with Crippen LogP contribution < -0.4 is 5.32 Å². The number of carbonyl (C=O) groups is 1. The molecule has 1 fully saturated rings. The summed E-state index contributed by atoms with van der Waals surface area (Å²) >= 11 is 1.59. The van der Waals surface area contributed by atoms with E-state index in [1.807, 2.05) is 60.1 Å². The molecule has 1 amide bonds. The number of rotatable bonds is 8. The van der Waals surface area contributed by atoms with Gasteiger partial charge in [-0.25, -0.2) is 0 Å². The number of benzene rings is 2. The second-order valence-electron chi connectivity index (χ2n) is 8.70. The first kappa shape index (κ1) is 25.1. The van der Waals surface area contributed by atoms with Gasteiger partial charge in [-0.1, -0.05) is 48.2 Å². The van der Waals surface area contributed by atoms with E-state index in [1.165, 1.54) is 6.20 Å². The van der Waals surface area contributed by atoms with Crippen molar-refractivity contribution in [2.45, 2.75) is 36.7 Å². The van der Waals surface area contributed by atoms with Crippen molar-refractivity contribution in [1.82, 2.24) is 19.7 Å². The van der Waals surface area contributed by atoms with Crippen LogP contribution in [0.3, 0.4) is 0 Å². The van der Waals surface area contributed by atoms with Crippen molar-refractivity contribution >= 4 is 23.4 Å². The number of aryl methyl sites for hydroxylation is 1. The number of aliphatic hydroxyl groups excluding tert-OH is 1. The molecule has 37 heavy (non-hydrogen) atoms. The standard InChI is InChI=1S/C27H27N5O4S/c1-32-17-29-31-27(32)37-16-23-13-24(19-6-4-18(15-33)5-7-19)36-26(35-23)20-8-10-22(11-9-20)30-25(34)21-3-2-12-28-14-21/h2-12,14,17,23-24,26,33H,13,15-16H2,1H3,(H,30,34)/t23-,24+,26+/m1/s1. The van der Waals surface area contributed by atoms with Gasteiger partial charge in [-0.05, 0) is 35.4 Å². The first-order valence-electron chi connectivity index (χ1n) is 11.9. The van der Waals surface area contributed by atoms with Crippen molar-refractivity contribution in [3.8, 4) is 0 Å². The zero-order valence-electron chi connectivity index (χ0n) is 20.2. The Kier molecular flexibility index (Phi) is 7.90. The fourth-order valence-electron chi connectivity index (χ4n) is 4.02. The summed E-state index contributed by atoms with van der Waals surface area (Å²) < 4.78 is 14.6. The minimum atomic E-state index is -0.579. The number of anilines is 1. The molecule has 0 unspecified atom stereocenters. The third kappa shape index (κ3) is 6.23. The molecule has 0 bridgehead atoms. The van der Waals surface area contributed by atoms with E-state index < -0.39 is 6.29 Å². The van der Waals surface area contributed by atoms with E-state index in [9.17, 15) is 9.90 Å². The number of pyridine rings is 1. The third-order valence-electron chi connectivity index (χ3n) is 6.05. The van der Waals surface area contributed by atoms with Crippen molar-refractivity contribution < 1.29 is 19.4 Å². The van der Waals surface area contributed by atoms with Gasteiger partial charge in [0.05, 0.1) is 24.4 Å². The van der Waals surface area contributed by atoms with Gasteiger partial charge in [0.2, 0.25) is 0 Å². The predicted octanol–water partition coefficient (Wildman–Crippen LogP) is 4.29. The minimum Gasteiger partial charge on any atom is -0.392 e. The maximum Gasteiger partial charge on any atom is 0.257 e. The number of amides is 1. The Bertz CT molecular complexity index is 1310. The Morgan fingerprint density at radius 1 is 1.11 bits per heavy atom. The summed E-state index contributed by atoms with van der Waals surface area (Å²) in [6.45, 7) is -0.00181. The lowest BCUT2D eigenvalue weighted by Gasteiger charge is -2.36. The topological polar surface area (TPSA) is 111 Å². The molecule has 10 heteroatoms. The highest BCUT2D eigenvalue weighted by Gasteiger charge is 2.32. The highest BCUT2D eigenvalue weighted by atomic mass is 32.2. The molecule has 0 aliphatic carbocycles. The largest absolute Gasteiger partial charge is 0.392 e. The molecule has 2 aromatic heterocycles. The van der Waals surface area contributed by atoms with Crippen molar-refractivity contribution in [1.29, 1.82) is 0 Å². The summed E-state index contributed by atoms with van der Waals surface area (Å²) in [5.74, 6) is 0.468. The smallest absolute Gasteiger partial charge is 0.257 e. The molecule has 190 valence electrons. The summed E-state index contributed by atoms with van der Waals surface area (Å²) in [5.41, 5.74) is 3.89. The highest BCUT2D eigenvalue weighted by molar-refractivity contribution is 7.99. The molecular formula is C27H27N5O4S. The van der Waals surface area contributed by atoms with E-state index in [-0.39, 0.29) is 24.7 Å². The van der Waals surface area contributed by atoms with Crippen LogP contribution in [0.2, 0.25) is 0 Å². The number of hydrogen-bond donors (Lipinski definition) is 2. The van der Waals surface area contributed by atoms with Crippen LogP contribution in [0.5, 0.6) is 0 Å².